The van der Waals surface area contributed by atoms with Crippen LogP contribution in [-0.2, 0) is 0 Å². The van der Waals surface area contributed by atoms with E-state index in [0.717, 1.165) is 12.3 Å². The minimum absolute atomic E-state index is 0.0249. The van der Waals surface area contributed by atoms with Crippen molar-refractivity contribution in [3.63, 3.8) is 0 Å². The molecule has 0 spiro atoms. The van der Waals surface area contributed by atoms with Gasteiger partial charge in [-0.15, -0.1) is 0 Å². The molecule has 0 atom stereocenters. The average molecular weight is 248 g/mol. The largest absolute Gasteiger partial charge is 0.308 e. The van der Waals surface area contributed by atoms with Gasteiger partial charge in [-0.3, -0.25) is 20.2 Å². The van der Waals surface area contributed by atoms with E-state index in [1.807, 2.05) is 0 Å². The summed E-state index contributed by atoms with van der Waals surface area (Å²) in [5, 5.41) is 20.5. The van der Waals surface area contributed by atoms with Gasteiger partial charge >= 0.3 is 5.69 Å². The van der Waals surface area contributed by atoms with Crippen LogP contribution in [0.25, 0.3) is 0 Å². The number of rotatable bonds is 2. The molecule has 0 amide bonds. The maximum Gasteiger partial charge on any atom is 0.308 e. The monoisotopic (exact) mass is 247 g/mol. The van der Waals surface area contributed by atoms with E-state index in [2.05, 4.69) is 20.9 Å². The van der Waals surface area contributed by atoms with Gasteiger partial charge in [0.15, 0.2) is 4.60 Å². The molecule has 0 aliphatic rings. The van der Waals surface area contributed by atoms with E-state index >= 15 is 0 Å². The van der Waals surface area contributed by atoms with Crippen LogP contribution in [0.5, 0.6) is 0 Å². The van der Waals surface area contributed by atoms with Gasteiger partial charge in [0.05, 0.1) is 15.9 Å². The first-order chi connectivity index (χ1) is 6.02. The van der Waals surface area contributed by atoms with Crippen molar-refractivity contribution in [1.29, 1.82) is 0 Å². The maximum absolute atomic E-state index is 10.3. The topological polar surface area (TPSA) is 99.2 Å². The van der Waals surface area contributed by atoms with Crippen LogP contribution >= 0.6 is 15.9 Å². The first-order valence-corrected chi connectivity index (χ1v) is 3.76. The summed E-state index contributed by atoms with van der Waals surface area (Å²) >= 11 is 2.80. The number of nitrogens with zero attached hydrogens (tertiary/aromatic N) is 3. The Kier molecular flexibility index (Phi) is 2.52. The van der Waals surface area contributed by atoms with Gasteiger partial charge in [0, 0.05) is 0 Å². The molecule has 0 aliphatic heterocycles. The number of halogens is 1. The lowest BCUT2D eigenvalue weighted by Crippen LogP contribution is -1.95. The summed E-state index contributed by atoms with van der Waals surface area (Å²) in [7, 11) is 0. The fraction of sp³-hybridized carbons (Fsp3) is 0. The van der Waals surface area contributed by atoms with Crippen molar-refractivity contribution >= 4 is 27.3 Å². The minimum atomic E-state index is -0.746. The highest BCUT2D eigenvalue weighted by molar-refractivity contribution is 9.10. The lowest BCUT2D eigenvalue weighted by Gasteiger charge is -1.93. The quantitative estimate of drug-likeness (QED) is 0.450. The Balaban J connectivity index is 3.27. The van der Waals surface area contributed by atoms with Crippen LogP contribution in [0.4, 0.5) is 11.4 Å². The molecule has 13 heavy (non-hydrogen) atoms. The molecule has 1 aromatic rings. The molecule has 0 N–H and O–H groups in total. The molecule has 7 nitrogen and oxygen atoms in total. The average Bonchev–Trinajstić information content (AvgIpc) is 2.04. The zero-order valence-electron chi connectivity index (χ0n) is 6.01. The van der Waals surface area contributed by atoms with Gasteiger partial charge < -0.3 is 0 Å². The summed E-state index contributed by atoms with van der Waals surface area (Å²) in [4.78, 5) is 22.5. The van der Waals surface area contributed by atoms with Gasteiger partial charge in [-0.05, 0) is 15.9 Å². The number of hydrogen-bond acceptors (Lipinski definition) is 5. The highest BCUT2D eigenvalue weighted by Crippen LogP contribution is 2.25. The Morgan fingerprint density at radius 3 is 2.38 bits per heavy atom. The first kappa shape index (κ1) is 9.52. The van der Waals surface area contributed by atoms with Gasteiger partial charge in [0.25, 0.3) is 5.69 Å². The van der Waals surface area contributed by atoms with Crippen LogP contribution in [-0.4, -0.2) is 14.8 Å². The van der Waals surface area contributed by atoms with Crippen LogP contribution in [0.3, 0.4) is 0 Å². The van der Waals surface area contributed by atoms with Crippen molar-refractivity contribution < 1.29 is 9.85 Å². The second-order valence-corrected chi connectivity index (χ2v) is 2.77. The van der Waals surface area contributed by atoms with Crippen molar-refractivity contribution in [2.24, 2.45) is 0 Å². The van der Waals surface area contributed by atoms with Crippen LogP contribution in [0, 0.1) is 20.2 Å². The number of pyridine rings is 1. The summed E-state index contributed by atoms with van der Waals surface area (Å²) in [5.41, 5.74) is -0.830. The number of hydrogen-bond donors (Lipinski definition) is 0. The number of aromatic nitrogens is 1. The maximum atomic E-state index is 10.3. The van der Waals surface area contributed by atoms with Crippen LogP contribution in [0.2, 0.25) is 0 Å². The molecule has 0 bridgehead atoms. The van der Waals surface area contributed by atoms with Gasteiger partial charge in [-0.1, -0.05) is 0 Å². The summed E-state index contributed by atoms with van der Waals surface area (Å²) in [6.45, 7) is 0. The fourth-order valence-corrected chi connectivity index (χ4v) is 1.02. The van der Waals surface area contributed by atoms with Crippen LogP contribution in [0.1, 0.15) is 0 Å². The Bertz CT molecular complexity index is 380. The third-order valence-electron chi connectivity index (χ3n) is 1.21. The van der Waals surface area contributed by atoms with Crippen molar-refractivity contribution in [3.05, 3.63) is 37.1 Å². The van der Waals surface area contributed by atoms with E-state index in [0.29, 0.717) is 0 Å². The summed E-state index contributed by atoms with van der Waals surface area (Å²) in [6, 6.07) is 0.844. The molecule has 0 radical (unpaired) electrons. The van der Waals surface area contributed by atoms with E-state index < -0.39 is 21.2 Å². The minimum Gasteiger partial charge on any atom is -0.258 e. The third kappa shape index (κ3) is 1.96. The van der Waals surface area contributed by atoms with E-state index in [1.54, 1.807) is 0 Å². The zero-order valence-corrected chi connectivity index (χ0v) is 7.59. The van der Waals surface area contributed by atoms with Gasteiger partial charge in [0.2, 0.25) is 0 Å². The molecule has 0 saturated heterocycles. The Hall–Kier alpha value is -1.57. The third-order valence-corrected chi connectivity index (χ3v) is 1.82. The first-order valence-electron chi connectivity index (χ1n) is 2.96. The smallest absolute Gasteiger partial charge is 0.258 e. The molecule has 1 heterocycles. The van der Waals surface area contributed by atoms with Gasteiger partial charge in [-0.25, -0.2) is 4.98 Å². The zero-order chi connectivity index (χ0) is 10.0. The molecule has 0 aliphatic carbocycles. The molecule has 0 fully saturated rings. The predicted molar refractivity (Wildman–Crippen MR) is 45.2 cm³/mol. The van der Waals surface area contributed by atoms with Crippen molar-refractivity contribution in [2.75, 3.05) is 0 Å². The summed E-state index contributed by atoms with van der Waals surface area (Å²) in [6.07, 6.45) is 0.942. The fourth-order valence-electron chi connectivity index (χ4n) is 0.654. The van der Waals surface area contributed by atoms with E-state index in [1.165, 1.54) is 0 Å². The molecule has 8 heteroatoms. The molecular formula is C5H2BrN3O4. The van der Waals surface area contributed by atoms with Crippen LogP contribution in [0.15, 0.2) is 16.9 Å². The number of nitro groups is 2. The van der Waals surface area contributed by atoms with E-state index in [-0.39, 0.29) is 4.60 Å². The Morgan fingerprint density at radius 1 is 1.31 bits per heavy atom. The molecule has 1 rings (SSSR count). The van der Waals surface area contributed by atoms with E-state index in [9.17, 15) is 20.2 Å². The van der Waals surface area contributed by atoms with Crippen molar-refractivity contribution in [1.82, 2.24) is 4.98 Å². The summed E-state index contributed by atoms with van der Waals surface area (Å²) < 4.78 is -0.0249. The Morgan fingerprint density at radius 2 is 1.92 bits per heavy atom. The van der Waals surface area contributed by atoms with Crippen LogP contribution < -0.4 is 0 Å². The molecule has 0 saturated carbocycles. The molecule has 0 aromatic carbocycles. The molecule has 68 valence electrons. The highest BCUT2D eigenvalue weighted by Gasteiger charge is 2.18. The van der Waals surface area contributed by atoms with E-state index in [4.69, 9.17) is 0 Å². The normalized spacial score (nSPS) is 9.62. The second-order valence-electron chi connectivity index (χ2n) is 2.02. The lowest BCUT2D eigenvalue weighted by molar-refractivity contribution is -0.395. The second kappa shape index (κ2) is 3.44. The van der Waals surface area contributed by atoms with Gasteiger partial charge in [-0.2, -0.15) is 0 Å². The standard InChI is InChI=1S/C5H2BrN3O4/c6-5-4(9(12)13)1-3(2-7-5)8(10)11/h1-2H. The highest BCUT2D eigenvalue weighted by atomic mass is 79.9. The molecule has 0 unspecified atom stereocenters. The van der Waals surface area contributed by atoms with Crippen molar-refractivity contribution in [2.45, 2.75) is 0 Å². The predicted octanol–water partition coefficient (Wildman–Crippen LogP) is 1.66. The lowest BCUT2D eigenvalue weighted by atomic mass is 10.4. The summed E-state index contributed by atoms with van der Waals surface area (Å²) in [5.74, 6) is 0. The van der Waals surface area contributed by atoms with Crippen molar-refractivity contribution in [3.8, 4) is 0 Å². The Labute approximate surface area is 79.8 Å². The molecular weight excluding hydrogens is 246 g/mol. The SMILES string of the molecule is O=[N+]([O-])c1cnc(Br)c([N+](=O)[O-])c1. The van der Waals surface area contributed by atoms with Gasteiger partial charge in [0.1, 0.15) is 6.20 Å². The molecule has 1 aromatic heterocycles.